The molecule has 158 valence electrons. The number of hydrogen-bond donors (Lipinski definition) is 4. The van der Waals surface area contributed by atoms with E-state index in [9.17, 15) is 10.2 Å². The molecule has 0 amide bonds. The average molecular weight is 389 g/mol. The van der Waals surface area contributed by atoms with Crippen molar-refractivity contribution in [3.63, 3.8) is 0 Å². The zero-order valence-corrected chi connectivity index (χ0v) is 18.7. The summed E-state index contributed by atoms with van der Waals surface area (Å²) in [5, 5.41) is 18.8. The number of phenolic OH excluding ortho intramolecular Hbond substituents is 2. The fourth-order valence-electron chi connectivity index (χ4n) is 1.99. The van der Waals surface area contributed by atoms with Gasteiger partial charge in [-0.25, -0.2) is 0 Å². The van der Waals surface area contributed by atoms with Crippen molar-refractivity contribution in [1.82, 2.24) is 0 Å². The van der Waals surface area contributed by atoms with E-state index in [1.54, 1.807) is 36.4 Å². The van der Waals surface area contributed by atoms with Crippen LogP contribution in [0.4, 0.5) is 5.69 Å². The molecule has 0 bridgehead atoms. The lowest BCUT2D eigenvalue weighted by molar-refractivity contribution is 0.474. The van der Waals surface area contributed by atoms with Gasteiger partial charge in [0, 0.05) is 5.41 Å². The number of anilines is 1. The van der Waals surface area contributed by atoms with Gasteiger partial charge in [-0.3, -0.25) is 0 Å². The molecule has 28 heavy (non-hydrogen) atoms. The minimum atomic E-state index is -0.241. The third kappa shape index (κ3) is 11.1. The third-order valence-electron chi connectivity index (χ3n) is 3.34. The first-order chi connectivity index (χ1) is 13.2. The number of hydrogen-bond acceptors (Lipinski definition) is 4. The maximum Gasteiger partial charge on any atom is 0.138 e. The molecule has 4 nitrogen and oxygen atoms in total. The summed E-state index contributed by atoms with van der Waals surface area (Å²) in [5.41, 5.74) is 12.5. The molecular weight excluding hydrogens is 348 g/mol. The van der Waals surface area contributed by atoms with Crippen molar-refractivity contribution in [2.45, 2.75) is 47.0 Å². The van der Waals surface area contributed by atoms with Crippen molar-refractivity contribution in [2.75, 3.05) is 12.8 Å². The minimum Gasteiger partial charge on any atom is -0.508 e. The summed E-state index contributed by atoms with van der Waals surface area (Å²) in [5.74, 6) is 0.347. The van der Waals surface area contributed by atoms with E-state index in [0.29, 0.717) is 5.69 Å². The maximum atomic E-state index is 9.46. The molecule has 0 aliphatic carbocycles. The summed E-state index contributed by atoms with van der Waals surface area (Å²) in [6.45, 7) is 18.6. The molecule has 2 rings (SSSR count). The Morgan fingerprint density at radius 3 is 1.54 bits per heavy atom. The smallest absolute Gasteiger partial charge is 0.138 e. The number of nitrogen functional groups attached to an aromatic ring is 1. The van der Waals surface area contributed by atoms with Crippen molar-refractivity contribution >= 4 is 5.69 Å². The zero-order valence-electron chi connectivity index (χ0n) is 18.7. The Hall–Kier alpha value is -2.72. The summed E-state index contributed by atoms with van der Waals surface area (Å²) in [6, 6.07) is 12.4. The third-order valence-corrected chi connectivity index (χ3v) is 3.34. The molecule has 0 saturated carbocycles. The molecule has 0 aromatic heterocycles. The topological polar surface area (TPSA) is 92.5 Å². The molecule has 0 radical (unpaired) electrons. The van der Waals surface area contributed by atoms with Gasteiger partial charge in [-0.15, -0.1) is 13.2 Å². The van der Waals surface area contributed by atoms with Crippen LogP contribution in [0.5, 0.6) is 11.5 Å². The van der Waals surface area contributed by atoms with Gasteiger partial charge in [0.05, 0.1) is 5.69 Å². The Balaban J connectivity index is -0.000000534. The van der Waals surface area contributed by atoms with Crippen LogP contribution in [-0.4, -0.2) is 17.3 Å². The van der Waals surface area contributed by atoms with Gasteiger partial charge in [0.25, 0.3) is 0 Å². The number of nitrogens with two attached hydrogens (primary N) is 2. The lowest BCUT2D eigenvalue weighted by Gasteiger charge is -2.26. The molecule has 0 fully saturated rings. The van der Waals surface area contributed by atoms with E-state index in [1.807, 2.05) is 45.9 Å². The number of benzene rings is 2. The van der Waals surface area contributed by atoms with Crippen molar-refractivity contribution in [1.29, 1.82) is 0 Å². The van der Waals surface area contributed by atoms with Crippen LogP contribution in [0.25, 0.3) is 0 Å². The van der Waals surface area contributed by atoms with Crippen LogP contribution in [0.2, 0.25) is 0 Å². The van der Waals surface area contributed by atoms with E-state index in [2.05, 4.69) is 32.7 Å². The van der Waals surface area contributed by atoms with Crippen molar-refractivity contribution < 1.29 is 10.2 Å². The van der Waals surface area contributed by atoms with Crippen molar-refractivity contribution in [3.05, 3.63) is 78.9 Å². The lowest BCUT2D eigenvalue weighted by Crippen LogP contribution is -2.18. The lowest BCUT2D eigenvalue weighted by atomic mass is 9.78. The van der Waals surface area contributed by atoms with E-state index < -0.39 is 0 Å². The highest BCUT2D eigenvalue weighted by atomic mass is 16.3. The van der Waals surface area contributed by atoms with Gasteiger partial charge in [0.2, 0.25) is 0 Å². The van der Waals surface area contributed by atoms with Gasteiger partial charge in [-0.2, -0.15) is 0 Å². The second-order valence-electron chi connectivity index (χ2n) is 5.76. The van der Waals surface area contributed by atoms with Crippen LogP contribution in [0.15, 0.2) is 67.8 Å². The first kappa shape index (κ1) is 30.0. The monoisotopic (exact) mass is 388 g/mol. The molecule has 0 atom stereocenters. The summed E-state index contributed by atoms with van der Waals surface area (Å²) >= 11 is 0. The fourth-order valence-corrected chi connectivity index (χ4v) is 1.99. The highest BCUT2D eigenvalue weighted by Gasteiger charge is 2.23. The van der Waals surface area contributed by atoms with Crippen molar-refractivity contribution in [2.24, 2.45) is 5.73 Å². The van der Waals surface area contributed by atoms with Crippen LogP contribution in [0.1, 0.15) is 52.7 Å². The van der Waals surface area contributed by atoms with Crippen LogP contribution >= 0.6 is 0 Å². The predicted octanol–water partition coefficient (Wildman–Crippen LogP) is 5.99. The maximum absolute atomic E-state index is 9.46. The minimum absolute atomic E-state index is 0.0975. The molecule has 2 aromatic carbocycles. The average Bonchev–Trinajstić information content (AvgIpc) is 2.69. The largest absolute Gasteiger partial charge is 0.508 e. The molecular formula is C24H40N2O2. The Morgan fingerprint density at radius 2 is 1.18 bits per heavy atom. The Kier molecular flexibility index (Phi) is 19.0. The summed E-state index contributed by atoms with van der Waals surface area (Å²) in [6.07, 6.45) is 3.50. The molecule has 6 N–H and O–H groups in total. The zero-order chi connectivity index (χ0) is 22.8. The SMILES string of the molecule is C=CC.C=CC.CC.CC(C)(c1ccc(O)cc1)c1ccc(O)c(N)c1.CN. The molecule has 0 aliphatic rings. The second-order valence-corrected chi connectivity index (χ2v) is 5.76. The highest BCUT2D eigenvalue weighted by molar-refractivity contribution is 5.56. The van der Waals surface area contributed by atoms with Crippen LogP contribution < -0.4 is 11.5 Å². The Labute approximate surface area is 172 Å². The molecule has 2 aromatic rings. The number of aromatic hydroxyl groups is 2. The molecule has 0 spiro atoms. The van der Waals surface area contributed by atoms with Gasteiger partial charge in [-0.1, -0.05) is 58.0 Å². The van der Waals surface area contributed by atoms with Crippen LogP contribution in [0.3, 0.4) is 0 Å². The van der Waals surface area contributed by atoms with E-state index in [-0.39, 0.29) is 16.9 Å². The Bertz CT molecular complexity index is 642. The predicted molar refractivity (Wildman–Crippen MR) is 126 cm³/mol. The van der Waals surface area contributed by atoms with Crippen LogP contribution in [0, 0.1) is 0 Å². The fraction of sp³-hybridized carbons (Fsp3) is 0.333. The highest BCUT2D eigenvalue weighted by Crippen LogP contribution is 2.35. The van der Waals surface area contributed by atoms with Crippen LogP contribution in [-0.2, 0) is 5.41 Å². The number of phenols is 2. The molecule has 4 heteroatoms. The summed E-state index contributed by atoms with van der Waals surface area (Å²) in [4.78, 5) is 0. The van der Waals surface area contributed by atoms with Gasteiger partial charge >= 0.3 is 0 Å². The molecule has 0 aliphatic heterocycles. The van der Waals surface area contributed by atoms with E-state index in [4.69, 9.17) is 5.73 Å². The van der Waals surface area contributed by atoms with Gasteiger partial charge in [0.1, 0.15) is 11.5 Å². The number of rotatable bonds is 2. The van der Waals surface area contributed by atoms with Gasteiger partial charge in [-0.05, 0) is 56.3 Å². The first-order valence-corrected chi connectivity index (χ1v) is 9.34. The first-order valence-electron chi connectivity index (χ1n) is 9.34. The quantitative estimate of drug-likeness (QED) is 0.289. The van der Waals surface area contributed by atoms with E-state index >= 15 is 0 Å². The standard InChI is InChI=1S/C15H17NO2.2C3H6.C2H6.CH5N/c1-15(2,10-3-6-12(17)7-4-10)11-5-8-14(18)13(16)9-11;2*1-3-2;2*1-2/h3-9,17-18H,16H2,1-2H3;2*3H,1H2,2H3;1-2H3;2H2,1H3. The normalized spacial score (nSPS) is 8.71. The molecule has 0 unspecified atom stereocenters. The Morgan fingerprint density at radius 1 is 0.821 bits per heavy atom. The molecule has 0 heterocycles. The van der Waals surface area contributed by atoms with E-state index in [1.165, 1.54) is 7.05 Å². The van der Waals surface area contributed by atoms with Gasteiger partial charge < -0.3 is 21.7 Å². The van der Waals surface area contributed by atoms with Crippen molar-refractivity contribution in [3.8, 4) is 11.5 Å². The van der Waals surface area contributed by atoms with E-state index in [0.717, 1.165) is 11.1 Å². The van der Waals surface area contributed by atoms with Gasteiger partial charge in [0.15, 0.2) is 0 Å². The summed E-state index contributed by atoms with van der Waals surface area (Å²) < 4.78 is 0. The second kappa shape index (κ2) is 17.7. The summed E-state index contributed by atoms with van der Waals surface area (Å²) in [7, 11) is 1.50. The molecule has 0 saturated heterocycles. The number of allylic oxidation sites excluding steroid dienone is 2.